The van der Waals surface area contributed by atoms with E-state index in [2.05, 4.69) is 0 Å². The predicted molar refractivity (Wildman–Crippen MR) is 93.1 cm³/mol. The predicted octanol–water partition coefficient (Wildman–Crippen LogP) is -5.52. The topological polar surface area (TPSA) is 112 Å². The molecule has 0 saturated heterocycles. The van der Waals surface area contributed by atoms with E-state index in [0.29, 0.717) is 6.42 Å². The van der Waals surface area contributed by atoms with Crippen molar-refractivity contribution in [3.05, 3.63) is 47.5 Å². The molecule has 0 aliphatic rings. The fourth-order valence-corrected chi connectivity index (χ4v) is 4.59. The van der Waals surface area contributed by atoms with Gasteiger partial charge in [-0.05, 0) is 44.6 Å². The molecule has 0 fully saturated rings. The van der Waals surface area contributed by atoms with Gasteiger partial charge in [0.2, 0.25) is 0 Å². The van der Waals surface area contributed by atoms with Gasteiger partial charge >= 0.3 is 162 Å². The van der Waals surface area contributed by atoms with Gasteiger partial charge in [-0.15, -0.1) is 0 Å². The molecule has 1 unspecified atom stereocenters. The van der Waals surface area contributed by atoms with Gasteiger partial charge in [0.15, 0.2) is 4.99 Å². The Hall–Kier alpha value is 3.93. The number of aryl methyl sites for hydroxylation is 1. The molecule has 0 heterocycles. The minimum Gasteiger partial charge on any atom is -1.00 e. The van der Waals surface area contributed by atoms with Crippen LogP contribution < -0.4 is 154 Å². The van der Waals surface area contributed by atoms with Crippen molar-refractivity contribution in [2.45, 2.75) is 44.0 Å². The zero-order chi connectivity index (χ0) is 17.5. The van der Waals surface area contributed by atoms with E-state index in [9.17, 15) is 13.0 Å². The Balaban J connectivity index is -0.000000220. The maximum atomic E-state index is 11.1. The number of hydrogen-bond donors (Lipinski definition) is 3. The average molecular weight is 483 g/mol. The minimum atomic E-state index is -4.87. The molecule has 136 valence electrons. The Morgan fingerprint density at radius 3 is 2.19 bits per heavy atom. The van der Waals surface area contributed by atoms with Crippen LogP contribution in [0.15, 0.2) is 42.0 Å². The largest absolute Gasteiger partial charge is 1.00 e. The molecule has 26 heavy (non-hydrogen) atoms. The monoisotopic (exact) mass is 482 g/mol. The molecule has 0 bridgehead atoms. The van der Waals surface area contributed by atoms with E-state index in [-0.39, 0.29) is 171 Å². The standard InChI is InChI=1S/C15H23O6PS.3K.3H/c1-13(11-12-14-8-3-2-4-9-14)7-5-6-10-15(22(16,17)18)23(19,20)21;;;;;;/h2-4,7-9,15H,5-6,10-12H2,1H3,(H2,16,17,18)(H,19,20,21);;;;;;/q;3*+1;3*-1/b13-7+;;;;;;. The first kappa shape index (κ1) is 34.5. The molecule has 0 spiro atoms. The Morgan fingerprint density at radius 2 is 1.73 bits per heavy atom. The van der Waals surface area contributed by atoms with Crippen molar-refractivity contribution in [2.75, 3.05) is 0 Å². The molecule has 0 saturated carbocycles. The Kier molecular flexibility index (Phi) is 23.2. The minimum absolute atomic E-state index is 0. The van der Waals surface area contributed by atoms with E-state index >= 15 is 0 Å². The van der Waals surface area contributed by atoms with Crippen LogP contribution in [0.2, 0.25) is 0 Å². The van der Waals surface area contributed by atoms with Gasteiger partial charge < -0.3 is 14.1 Å². The summed E-state index contributed by atoms with van der Waals surface area (Å²) in [5.74, 6) is 0. The zero-order valence-corrected chi connectivity index (χ0v) is 27.1. The van der Waals surface area contributed by atoms with Gasteiger partial charge in [0.25, 0.3) is 10.1 Å². The van der Waals surface area contributed by atoms with E-state index in [0.717, 1.165) is 18.4 Å². The summed E-state index contributed by atoms with van der Waals surface area (Å²) in [4.78, 5) is 15.9. The van der Waals surface area contributed by atoms with Crippen LogP contribution in [0.3, 0.4) is 0 Å². The van der Waals surface area contributed by atoms with Gasteiger partial charge in [0.05, 0.1) is 0 Å². The molecule has 1 atom stereocenters. The van der Waals surface area contributed by atoms with E-state index in [1.807, 2.05) is 43.3 Å². The Bertz CT molecular complexity index is 690. The molecule has 1 aromatic carbocycles. The van der Waals surface area contributed by atoms with Crippen LogP contribution in [-0.4, -0.2) is 27.7 Å². The maximum Gasteiger partial charge on any atom is 1.00 e. The first-order chi connectivity index (χ1) is 10.6. The van der Waals surface area contributed by atoms with Crippen LogP contribution in [0.5, 0.6) is 0 Å². The van der Waals surface area contributed by atoms with E-state index in [1.54, 1.807) is 0 Å². The molecule has 0 aliphatic carbocycles. The Morgan fingerprint density at radius 1 is 1.19 bits per heavy atom. The van der Waals surface area contributed by atoms with Crippen molar-refractivity contribution in [3.63, 3.8) is 0 Å². The molecule has 1 aromatic rings. The molecule has 1 rings (SSSR count). The molecule has 0 radical (unpaired) electrons. The van der Waals surface area contributed by atoms with Crippen molar-refractivity contribution < 1.29 is 186 Å². The first-order valence-electron chi connectivity index (χ1n) is 7.32. The summed E-state index contributed by atoms with van der Waals surface area (Å²) in [6, 6.07) is 10.0. The summed E-state index contributed by atoms with van der Waals surface area (Å²) in [6.45, 7) is 1.96. The van der Waals surface area contributed by atoms with Gasteiger partial charge in [0.1, 0.15) is 0 Å². The van der Waals surface area contributed by atoms with Gasteiger partial charge in [-0.25, -0.2) is 0 Å². The molecule has 3 N–H and O–H groups in total. The summed E-state index contributed by atoms with van der Waals surface area (Å²) in [6.07, 6.45) is 4.21. The second kappa shape index (κ2) is 17.5. The molecule has 11 heteroatoms. The SMILES string of the molecule is C/C(=C\CCCC(P(=O)(O)O)S(=O)(=O)O)CCc1ccccc1.[H-].[H-].[H-].[K+].[K+].[K+]. The smallest absolute Gasteiger partial charge is 1.00 e. The van der Waals surface area contributed by atoms with Gasteiger partial charge in [0, 0.05) is 0 Å². The van der Waals surface area contributed by atoms with Crippen molar-refractivity contribution in [2.24, 2.45) is 0 Å². The van der Waals surface area contributed by atoms with Crippen molar-refractivity contribution in [1.29, 1.82) is 0 Å². The third-order valence-electron chi connectivity index (χ3n) is 3.52. The van der Waals surface area contributed by atoms with Crippen LogP contribution in [0.1, 0.15) is 42.5 Å². The average Bonchev–Trinajstić information content (AvgIpc) is 2.43. The normalized spacial score (nSPS) is 13.0. The van der Waals surface area contributed by atoms with Crippen molar-refractivity contribution >= 4 is 17.7 Å². The third kappa shape index (κ3) is 15.7. The summed E-state index contributed by atoms with van der Waals surface area (Å²) < 4.78 is 42.0. The maximum absolute atomic E-state index is 11.1. The quantitative estimate of drug-likeness (QED) is 0.106. The summed E-state index contributed by atoms with van der Waals surface area (Å²) in [5.41, 5.74) is 2.36. The van der Waals surface area contributed by atoms with E-state index in [1.165, 1.54) is 5.56 Å². The zero-order valence-electron chi connectivity index (χ0n) is 19.0. The molecular weight excluding hydrogens is 456 g/mol. The second-order valence-corrected chi connectivity index (χ2v) is 9.28. The van der Waals surface area contributed by atoms with Crippen molar-refractivity contribution in [1.82, 2.24) is 0 Å². The van der Waals surface area contributed by atoms with E-state index in [4.69, 9.17) is 14.3 Å². The molecule has 0 amide bonds. The number of allylic oxidation sites excluding steroid dienone is 2. The second-order valence-electron chi connectivity index (χ2n) is 5.53. The molecular formula is C15H26K3O6PS. The van der Waals surface area contributed by atoms with Crippen LogP contribution >= 0.6 is 7.60 Å². The third-order valence-corrected chi connectivity index (χ3v) is 7.07. The van der Waals surface area contributed by atoms with Crippen LogP contribution in [0, 0.1) is 0 Å². The van der Waals surface area contributed by atoms with E-state index < -0.39 is 22.7 Å². The van der Waals surface area contributed by atoms with Crippen LogP contribution in [0.4, 0.5) is 0 Å². The molecule has 0 aliphatic heterocycles. The molecule has 6 nitrogen and oxygen atoms in total. The van der Waals surface area contributed by atoms with Crippen molar-refractivity contribution in [3.8, 4) is 0 Å². The summed E-state index contributed by atoms with van der Waals surface area (Å²) >= 11 is 0. The fraction of sp³-hybridized carbons (Fsp3) is 0.467. The number of benzene rings is 1. The van der Waals surface area contributed by atoms with Gasteiger partial charge in [-0.2, -0.15) is 8.42 Å². The fourth-order valence-electron chi connectivity index (χ4n) is 2.22. The van der Waals surface area contributed by atoms with Gasteiger partial charge in [-0.1, -0.05) is 42.0 Å². The first-order valence-corrected chi connectivity index (χ1v) is 10.5. The summed E-state index contributed by atoms with van der Waals surface area (Å²) in [7, 11) is -9.63. The van der Waals surface area contributed by atoms with Crippen LogP contribution in [0.25, 0.3) is 0 Å². The molecule has 0 aromatic heterocycles. The Labute approximate surface area is 288 Å². The number of unbranched alkanes of at least 4 members (excludes halogenated alkanes) is 1. The van der Waals surface area contributed by atoms with Crippen LogP contribution in [-0.2, 0) is 21.1 Å². The summed E-state index contributed by atoms with van der Waals surface area (Å²) in [5, 5.41) is 0. The number of hydrogen-bond acceptors (Lipinski definition) is 3. The number of rotatable bonds is 9. The van der Waals surface area contributed by atoms with Gasteiger partial charge in [-0.3, -0.25) is 9.12 Å².